The van der Waals surface area contributed by atoms with Crippen LogP contribution >= 0.6 is 0 Å². The van der Waals surface area contributed by atoms with Crippen molar-refractivity contribution in [3.8, 4) is 0 Å². The smallest absolute Gasteiger partial charge is 0.407 e. The van der Waals surface area contributed by atoms with Crippen LogP contribution in [0.15, 0.2) is 0 Å². The predicted octanol–water partition coefficient (Wildman–Crippen LogP) is 1.64. The summed E-state index contributed by atoms with van der Waals surface area (Å²) in [7, 11) is 1.07. The van der Waals surface area contributed by atoms with Gasteiger partial charge in [-0.2, -0.15) is 13.2 Å². The van der Waals surface area contributed by atoms with Gasteiger partial charge in [-0.15, -0.1) is 0 Å². The third-order valence-electron chi connectivity index (χ3n) is 1.68. The van der Waals surface area contributed by atoms with Crippen LogP contribution in [0.2, 0.25) is 0 Å². The molecule has 0 fully saturated rings. The Labute approximate surface area is 84.8 Å². The van der Waals surface area contributed by atoms with Crippen molar-refractivity contribution < 1.29 is 27.5 Å². The molecule has 0 spiro atoms. The number of carbonyl (C=O) groups is 2. The van der Waals surface area contributed by atoms with E-state index in [2.05, 4.69) is 4.74 Å². The van der Waals surface area contributed by atoms with Gasteiger partial charge in [0.2, 0.25) is 0 Å². The van der Waals surface area contributed by atoms with Gasteiger partial charge in [-0.25, -0.2) is 4.79 Å². The van der Waals surface area contributed by atoms with Crippen molar-refractivity contribution in [1.82, 2.24) is 5.32 Å². The Balaban J connectivity index is 4.18. The molecule has 0 aromatic carbocycles. The van der Waals surface area contributed by atoms with Gasteiger partial charge in [-0.3, -0.25) is 4.79 Å². The van der Waals surface area contributed by atoms with E-state index in [0.29, 0.717) is 0 Å². The zero-order valence-corrected chi connectivity index (χ0v) is 8.35. The second kappa shape index (κ2) is 5.57. The number of methoxy groups -OCH3 is 1. The highest BCUT2D eigenvalue weighted by molar-refractivity contribution is 5.85. The van der Waals surface area contributed by atoms with E-state index in [9.17, 15) is 22.8 Å². The van der Waals surface area contributed by atoms with Gasteiger partial charge < -0.3 is 10.1 Å². The molecule has 0 aromatic heterocycles. The van der Waals surface area contributed by atoms with E-state index in [1.807, 2.05) is 5.32 Å². The number of nitrogens with one attached hydrogen (secondary N) is 1. The van der Waals surface area contributed by atoms with Gasteiger partial charge in [0.05, 0.1) is 13.2 Å². The fourth-order valence-electron chi connectivity index (χ4n) is 0.886. The number of Topliss-reactive ketones (excluding diaryl/α,β-unsaturated/α-hetero) is 1. The lowest BCUT2D eigenvalue weighted by atomic mass is 10.1. The van der Waals surface area contributed by atoms with Gasteiger partial charge >= 0.3 is 12.3 Å². The van der Waals surface area contributed by atoms with E-state index >= 15 is 0 Å². The number of halogens is 3. The van der Waals surface area contributed by atoms with E-state index in [-0.39, 0.29) is 0 Å². The molecule has 0 aliphatic rings. The van der Waals surface area contributed by atoms with Gasteiger partial charge in [-0.05, 0) is 13.3 Å². The van der Waals surface area contributed by atoms with Crippen molar-refractivity contribution in [1.29, 1.82) is 0 Å². The van der Waals surface area contributed by atoms with Crippen LogP contribution in [-0.4, -0.2) is 31.2 Å². The van der Waals surface area contributed by atoms with Crippen molar-refractivity contribution in [2.45, 2.75) is 32.0 Å². The molecule has 1 atom stereocenters. The molecular weight excluding hydrogens is 215 g/mol. The zero-order chi connectivity index (χ0) is 12.1. The third-order valence-corrected chi connectivity index (χ3v) is 1.68. The lowest BCUT2D eigenvalue weighted by Crippen LogP contribution is -2.40. The molecule has 0 aliphatic carbocycles. The SMILES string of the molecule is COC(=O)N[C@@H](CCC(F)(F)F)C(C)=O. The van der Waals surface area contributed by atoms with Gasteiger partial charge in [0, 0.05) is 6.42 Å². The van der Waals surface area contributed by atoms with Crippen LogP contribution in [0.1, 0.15) is 19.8 Å². The second-order valence-electron chi connectivity index (χ2n) is 2.95. The largest absolute Gasteiger partial charge is 0.453 e. The van der Waals surface area contributed by atoms with Crippen molar-refractivity contribution in [3.05, 3.63) is 0 Å². The Morgan fingerprint density at radius 1 is 1.40 bits per heavy atom. The molecular formula is C8H12F3NO3. The fourth-order valence-corrected chi connectivity index (χ4v) is 0.886. The first-order chi connectivity index (χ1) is 6.76. The van der Waals surface area contributed by atoms with Crippen LogP contribution in [0.3, 0.4) is 0 Å². The first-order valence-corrected chi connectivity index (χ1v) is 4.18. The van der Waals surface area contributed by atoms with Gasteiger partial charge in [0.1, 0.15) is 0 Å². The quantitative estimate of drug-likeness (QED) is 0.794. The predicted molar refractivity (Wildman–Crippen MR) is 45.3 cm³/mol. The monoisotopic (exact) mass is 227 g/mol. The highest BCUT2D eigenvalue weighted by Gasteiger charge is 2.30. The van der Waals surface area contributed by atoms with Crippen LogP contribution in [-0.2, 0) is 9.53 Å². The molecule has 0 aromatic rings. The molecule has 0 aliphatic heterocycles. The van der Waals surface area contributed by atoms with Crippen molar-refractivity contribution >= 4 is 11.9 Å². The molecule has 7 heteroatoms. The van der Waals surface area contributed by atoms with E-state index < -0.39 is 36.9 Å². The highest BCUT2D eigenvalue weighted by Crippen LogP contribution is 2.22. The number of amides is 1. The third kappa shape index (κ3) is 6.75. The summed E-state index contributed by atoms with van der Waals surface area (Å²) in [6.45, 7) is 1.11. The number of ether oxygens (including phenoxy) is 1. The van der Waals surface area contributed by atoms with E-state index in [1.54, 1.807) is 0 Å². The van der Waals surface area contributed by atoms with E-state index in [4.69, 9.17) is 0 Å². The highest BCUT2D eigenvalue weighted by atomic mass is 19.4. The summed E-state index contributed by atoms with van der Waals surface area (Å²) in [5.41, 5.74) is 0. The lowest BCUT2D eigenvalue weighted by Gasteiger charge is -2.15. The molecule has 0 bridgehead atoms. The van der Waals surface area contributed by atoms with Crippen molar-refractivity contribution in [2.75, 3.05) is 7.11 Å². The molecule has 4 nitrogen and oxygen atoms in total. The molecule has 0 rings (SSSR count). The molecule has 1 N–H and O–H groups in total. The average molecular weight is 227 g/mol. The maximum atomic E-state index is 11.8. The van der Waals surface area contributed by atoms with Gasteiger partial charge in [0.15, 0.2) is 5.78 Å². The summed E-state index contributed by atoms with van der Waals surface area (Å²) in [6.07, 6.45) is -6.86. The Kier molecular flexibility index (Phi) is 5.10. The fraction of sp³-hybridized carbons (Fsp3) is 0.750. The van der Waals surface area contributed by atoms with E-state index in [0.717, 1.165) is 14.0 Å². The van der Waals surface area contributed by atoms with Crippen molar-refractivity contribution in [3.63, 3.8) is 0 Å². The average Bonchev–Trinajstić information content (AvgIpc) is 2.09. The maximum Gasteiger partial charge on any atom is 0.407 e. The molecule has 88 valence electrons. The van der Waals surface area contributed by atoms with Crippen LogP contribution in [0.25, 0.3) is 0 Å². The first kappa shape index (κ1) is 13.7. The van der Waals surface area contributed by atoms with E-state index in [1.165, 1.54) is 0 Å². The minimum atomic E-state index is -4.34. The molecule has 0 heterocycles. The standard InChI is InChI=1S/C8H12F3NO3/c1-5(13)6(12-7(14)15-2)3-4-8(9,10)11/h6H,3-4H2,1-2H3,(H,12,14)/t6-/m0/s1. The Bertz CT molecular complexity index is 240. The van der Waals surface area contributed by atoms with Crippen LogP contribution in [0, 0.1) is 0 Å². The van der Waals surface area contributed by atoms with Gasteiger partial charge in [0.25, 0.3) is 0 Å². The molecule has 0 saturated heterocycles. The number of alkyl carbamates (subject to hydrolysis) is 1. The maximum absolute atomic E-state index is 11.8. The lowest BCUT2D eigenvalue weighted by molar-refractivity contribution is -0.138. The Morgan fingerprint density at radius 3 is 2.27 bits per heavy atom. The number of alkyl halides is 3. The summed E-state index contributed by atoms with van der Waals surface area (Å²) in [5, 5.41) is 2.03. The minimum Gasteiger partial charge on any atom is -0.453 e. The zero-order valence-electron chi connectivity index (χ0n) is 8.35. The number of hydrogen-bond acceptors (Lipinski definition) is 3. The molecule has 0 radical (unpaired) electrons. The summed E-state index contributed by atoms with van der Waals surface area (Å²) in [6, 6.07) is -1.15. The van der Waals surface area contributed by atoms with Crippen LogP contribution < -0.4 is 5.32 Å². The van der Waals surface area contributed by atoms with Crippen LogP contribution in [0.5, 0.6) is 0 Å². The topological polar surface area (TPSA) is 55.4 Å². The molecule has 1 amide bonds. The normalized spacial score (nSPS) is 13.1. The minimum absolute atomic E-state index is 0.478. The number of hydrogen-bond donors (Lipinski definition) is 1. The Hall–Kier alpha value is -1.27. The first-order valence-electron chi connectivity index (χ1n) is 4.18. The Morgan fingerprint density at radius 2 is 1.93 bits per heavy atom. The summed E-state index contributed by atoms with van der Waals surface area (Å²) < 4.78 is 39.7. The molecule has 0 saturated carbocycles. The molecule has 0 unspecified atom stereocenters. The number of ketones is 1. The summed E-state index contributed by atoms with van der Waals surface area (Å²) >= 11 is 0. The summed E-state index contributed by atoms with van der Waals surface area (Å²) in [5.74, 6) is -0.537. The number of carbonyl (C=O) groups excluding carboxylic acids is 2. The van der Waals surface area contributed by atoms with Crippen LogP contribution in [0.4, 0.5) is 18.0 Å². The molecule has 15 heavy (non-hydrogen) atoms. The number of rotatable bonds is 4. The van der Waals surface area contributed by atoms with Gasteiger partial charge in [-0.1, -0.05) is 0 Å². The van der Waals surface area contributed by atoms with Crippen molar-refractivity contribution in [2.24, 2.45) is 0 Å². The summed E-state index contributed by atoms with van der Waals surface area (Å²) in [4.78, 5) is 21.6. The second-order valence-corrected chi connectivity index (χ2v) is 2.95.